The van der Waals surface area contributed by atoms with Gasteiger partial charge in [0.15, 0.2) is 5.71 Å². The number of benzene rings is 2. The highest BCUT2D eigenvalue weighted by Gasteiger charge is 2.32. The Morgan fingerprint density at radius 1 is 1.08 bits per heavy atom. The van der Waals surface area contributed by atoms with E-state index in [9.17, 15) is 4.79 Å². The quantitative estimate of drug-likeness (QED) is 0.627. The van der Waals surface area contributed by atoms with Crippen LogP contribution in [0.2, 0.25) is 0 Å². The van der Waals surface area contributed by atoms with Gasteiger partial charge < -0.3 is 9.64 Å². The van der Waals surface area contributed by atoms with E-state index in [1.54, 1.807) is 11.1 Å². The number of nitrogens with zero attached hydrogens (tertiary/aromatic N) is 3. The third kappa shape index (κ3) is 2.93. The van der Waals surface area contributed by atoms with Crippen LogP contribution >= 0.6 is 0 Å². The van der Waals surface area contributed by atoms with Crippen molar-refractivity contribution >= 4 is 23.5 Å². The molecule has 24 heavy (non-hydrogen) atoms. The van der Waals surface area contributed by atoms with Crippen LogP contribution in [-0.2, 0) is 4.79 Å². The first-order valence-electron chi connectivity index (χ1n) is 8.00. The molecule has 0 aromatic heterocycles. The molecule has 0 unspecified atom stereocenters. The van der Waals surface area contributed by atoms with E-state index >= 15 is 0 Å². The smallest absolute Gasteiger partial charge is 0.279 e. The highest BCUT2D eigenvalue weighted by atomic mass is 16.5. The fraction of sp³-hybridized carbons (Fsp3) is 0.211. The van der Waals surface area contributed by atoms with Crippen molar-refractivity contribution < 1.29 is 9.53 Å². The van der Waals surface area contributed by atoms with Gasteiger partial charge in [0.25, 0.3) is 5.91 Å². The Balaban J connectivity index is 1.91. The highest BCUT2D eigenvalue weighted by Crippen LogP contribution is 2.28. The number of hydrogen-bond acceptors (Lipinski definition) is 4. The summed E-state index contributed by atoms with van der Waals surface area (Å²) < 4.78 is 5.56. The molecule has 0 bridgehead atoms. The number of carbonyl (C=O) groups is 1. The van der Waals surface area contributed by atoms with E-state index in [0.717, 1.165) is 22.6 Å². The van der Waals surface area contributed by atoms with Crippen LogP contribution in [0.15, 0.2) is 58.7 Å². The standard InChI is InChI=1S/C19H19N3O2/c1-3-22-16-11-7-6-10-15(16)18(19(22)23)21-20-13-14-9-5-8-12-17(14)24-4-2/h5-13H,3-4H2,1-2H3/b20-13-,21-18-. The summed E-state index contributed by atoms with van der Waals surface area (Å²) in [7, 11) is 0. The molecule has 0 spiro atoms. The Kier molecular flexibility index (Phi) is 4.70. The second-order valence-electron chi connectivity index (χ2n) is 5.23. The summed E-state index contributed by atoms with van der Waals surface area (Å²) in [4.78, 5) is 14.2. The number of carbonyl (C=O) groups excluding carboxylic acids is 1. The molecule has 1 aliphatic rings. The topological polar surface area (TPSA) is 54.3 Å². The van der Waals surface area contributed by atoms with Gasteiger partial charge in [0.2, 0.25) is 0 Å². The maximum atomic E-state index is 12.5. The van der Waals surface area contributed by atoms with Gasteiger partial charge in [-0.2, -0.15) is 5.10 Å². The predicted octanol–water partition coefficient (Wildman–Crippen LogP) is 3.28. The average Bonchev–Trinajstić information content (AvgIpc) is 2.88. The van der Waals surface area contributed by atoms with Crippen molar-refractivity contribution in [3.05, 3.63) is 59.7 Å². The lowest BCUT2D eigenvalue weighted by molar-refractivity contribution is -0.112. The van der Waals surface area contributed by atoms with E-state index in [0.29, 0.717) is 18.9 Å². The molecular formula is C19H19N3O2. The normalized spacial score (nSPS) is 15.3. The Morgan fingerprint density at radius 3 is 2.62 bits per heavy atom. The zero-order chi connectivity index (χ0) is 16.9. The van der Waals surface area contributed by atoms with Crippen molar-refractivity contribution in [1.29, 1.82) is 0 Å². The number of para-hydroxylation sites is 2. The van der Waals surface area contributed by atoms with Crippen molar-refractivity contribution in [2.24, 2.45) is 10.2 Å². The molecule has 1 heterocycles. The molecule has 2 aromatic carbocycles. The van der Waals surface area contributed by atoms with Crippen LogP contribution in [0.5, 0.6) is 5.75 Å². The van der Waals surface area contributed by atoms with Gasteiger partial charge in [0.05, 0.1) is 18.5 Å². The van der Waals surface area contributed by atoms with Crippen LogP contribution < -0.4 is 9.64 Å². The van der Waals surface area contributed by atoms with E-state index in [-0.39, 0.29) is 5.91 Å². The first-order valence-corrected chi connectivity index (χ1v) is 8.00. The third-order valence-electron chi connectivity index (χ3n) is 3.79. The molecule has 5 heteroatoms. The first-order chi connectivity index (χ1) is 11.8. The van der Waals surface area contributed by atoms with Gasteiger partial charge >= 0.3 is 0 Å². The molecule has 0 aliphatic carbocycles. The predicted molar refractivity (Wildman–Crippen MR) is 96.2 cm³/mol. The number of rotatable bonds is 5. The maximum Gasteiger partial charge on any atom is 0.279 e. The van der Waals surface area contributed by atoms with Gasteiger partial charge in [-0.25, -0.2) is 0 Å². The summed E-state index contributed by atoms with van der Waals surface area (Å²) in [5, 5.41) is 8.30. The van der Waals surface area contributed by atoms with E-state index in [1.807, 2.05) is 62.4 Å². The molecule has 0 saturated carbocycles. The van der Waals surface area contributed by atoms with Gasteiger partial charge in [0.1, 0.15) is 5.75 Å². The van der Waals surface area contributed by atoms with E-state index in [4.69, 9.17) is 4.74 Å². The van der Waals surface area contributed by atoms with Crippen LogP contribution in [-0.4, -0.2) is 31.0 Å². The van der Waals surface area contributed by atoms with Crippen molar-refractivity contribution in [3.63, 3.8) is 0 Å². The molecule has 122 valence electrons. The number of ether oxygens (including phenoxy) is 1. The minimum atomic E-state index is -0.117. The summed E-state index contributed by atoms with van der Waals surface area (Å²) in [6.45, 7) is 5.06. The third-order valence-corrected chi connectivity index (χ3v) is 3.79. The lowest BCUT2D eigenvalue weighted by atomic mass is 10.1. The fourth-order valence-electron chi connectivity index (χ4n) is 2.70. The van der Waals surface area contributed by atoms with Crippen molar-refractivity contribution in [3.8, 4) is 5.75 Å². The minimum absolute atomic E-state index is 0.117. The molecule has 3 rings (SSSR count). The minimum Gasteiger partial charge on any atom is -0.493 e. The van der Waals surface area contributed by atoms with Gasteiger partial charge in [-0.1, -0.05) is 30.3 Å². The second kappa shape index (κ2) is 7.08. The summed E-state index contributed by atoms with van der Waals surface area (Å²) in [6.07, 6.45) is 1.61. The van der Waals surface area contributed by atoms with Crippen molar-refractivity contribution in [2.75, 3.05) is 18.1 Å². The molecule has 0 atom stereocenters. The Hall–Kier alpha value is -2.95. The van der Waals surface area contributed by atoms with Crippen LogP contribution in [0, 0.1) is 0 Å². The first kappa shape index (κ1) is 15.9. The van der Waals surface area contributed by atoms with E-state index in [1.165, 1.54) is 0 Å². The Labute approximate surface area is 141 Å². The van der Waals surface area contributed by atoms with Crippen LogP contribution in [0.25, 0.3) is 0 Å². The number of amides is 1. The van der Waals surface area contributed by atoms with Crippen LogP contribution in [0.3, 0.4) is 0 Å². The Morgan fingerprint density at radius 2 is 1.83 bits per heavy atom. The second-order valence-corrected chi connectivity index (χ2v) is 5.23. The Bertz CT molecular complexity index is 812. The number of likely N-dealkylation sites (N-methyl/N-ethyl adjacent to an activating group) is 1. The number of hydrogen-bond donors (Lipinski definition) is 0. The summed E-state index contributed by atoms with van der Waals surface area (Å²) in [5.74, 6) is 0.631. The number of fused-ring (bicyclic) bond motifs is 1. The van der Waals surface area contributed by atoms with Gasteiger partial charge in [-0.05, 0) is 32.0 Å². The van der Waals surface area contributed by atoms with Gasteiger partial charge in [-0.3, -0.25) is 4.79 Å². The molecule has 1 amide bonds. The maximum absolute atomic E-state index is 12.5. The fourth-order valence-corrected chi connectivity index (χ4v) is 2.70. The number of anilines is 1. The molecule has 0 fully saturated rings. The van der Waals surface area contributed by atoms with Crippen LogP contribution in [0.4, 0.5) is 5.69 Å². The van der Waals surface area contributed by atoms with E-state index < -0.39 is 0 Å². The van der Waals surface area contributed by atoms with Crippen molar-refractivity contribution in [2.45, 2.75) is 13.8 Å². The zero-order valence-corrected chi connectivity index (χ0v) is 13.8. The van der Waals surface area contributed by atoms with Crippen molar-refractivity contribution in [1.82, 2.24) is 0 Å². The van der Waals surface area contributed by atoms with Gasteiger partial charge in [0, 0.05) is 17.7 Å². The zero-order valence-electron chi connectivity index (χ0n) is 13.8. The molecule has 0 N–H and O–H groups in total. The summed E-state index contributed by atoms with van der Waals surface area (Å²) in [5.41, 5.74) is 2.90. The highest BCUT2D eigenvalue weighted by molar-refractivity contribution is 6.54. The molecule has 0 saturated heterocycles. The summed E-state index contributed by atoms with van der Waals surface area (Å²) in [6, 6.07) is 15.2. The SMILES string of the molecule is CCOc1ccccc1/C=N\N=C1/C(=O)N(CC)c2ccccc21. The van der Waals surface area contributed by atoms with Gasteiger partial charge in [-0.15, -0.1) is 5.10 Å². The molecule has 0 radical (unpaired) electrons. The molecule has 1 aliphatic heterocycles. The monoisotopic (exact) mass is 321 g/mol. The lowest BCUT2D eigenvalue weighted by Gasteiger charge is -2.12. The molecular weight excluding hydrogens is 302 g/mol. The lowest BCUT2D eigenvalue weighted by Crippen LogP contribution is -2.29. The largest absolute Gasteiger partial charge is 0.493 e. The average molecular weight is 321 g/mol. The summed E-state index contributed by atoms with van der Waals surface area (Å²) >= 11 is 0. The van der Waals surface area contributed by atoms with E-state index in [2.05, 4.69) is 10.2 Å². The molecule has 2 aromatic rings. The molecule has 5 nitrogen and oxygen atoms in total. The van der Waals surface area contributed by atoms with Crippen LogP contribution in [0.1, 0.15) is 25.0 Å².